The lowest BCUT2D eigenvalue weighted by atomic mass is 10.2. The Balaban J connectivity index is 2.03. The van der Waals surface area contributed by atoms with E-state index in [9.17, 15) is 4.79 Å². The molecule has 2 rings (SSSR count). The maximum absolute atomic E-state index is 11.7. The quantitative estimate of drug-likeness (QED) is 0.852. The Labute approximate surface area is 110 Å². The van der Waals surface area contributed by atoms with Gasteiger partial charge >= 0.3 is 0 Å². The molecule has 1 heterocycles. The normalized spacial score (nSPS) is 10.8. The zero-order chi connectivity index (χ0) is 13.0. The van der Waals surface area contributed by atoms with Gasteiger partial charge in [0.1, 0.15) is 5.76 Å². The first-order chi connectivity index (χ1) is 8.65. The molecule has 1 N–H and O–H groups in total. The van der Waals surface area contributed by atoms with Crippen LogP contribution in [0.2, 0.25) is 5.02 Å². The van der Waals surface area contributed by atoms with Crippen LogP contribution in [0, 0.1) is 6.92 Å². The van der Waals surface area contributed by atoms with Crippen LogP contribution in [-0.4, -0.2) is 5.91 Å². The summed E-state index contributed by atoms with van der Waals surface area (Å²) in [6, 6.07) is 8.85. The number of rotatable bonds is 3. The average molecular weight is 262 g/mol. The Morgan fingerprint density at radius 3 is 2.89 bits per heavy atom. The molecule has 0 bridgehead atoms. The lowest BCUT2D eigenvalue weighted by molar-refractivity contribution is -0.111. The Kier molecular flexibility index (Phi) is 3.85. The zero-order valence-electron chi connectivity index (χ0n) is 9.81. The number of aryl methyl sites for hydroxylation is 1. The molecule has 92 valence electrons. The molecule has 0 unspecified atom stereocenters. The van der Waals surface area contributed by atoms with E-state index in [1.54, 1.807) is 42.7 Å². The van der Waals surface area contributed by atoms with Gasteiger partial charge in [0.15, 0.2) is 0 Å². The van der Waals surface area contributed by atoms with E-state index in [1.165, 1.54) is 6.08 Å². The molecule has 0 radical (unpaired) electrons. The molecule has 0 aliphatic rings. The largest absolute Gasteiger partial charge is 0.465 e. The second kappa shape index (κ2) is 5.56. The van der Waals surface area contributed by atoms with Crippen molar-refractivity contribution in [1.29, 1.82) is 0 Å². The second-order valence-corrected chi connectivity index (χ2v) is 4.23. The van der Waals surface area contributed by atoms with Gasteiger partial charge in [0.2, 0.25) is 5.91 Å². The molecule has 0 atom stereocenters. The van der Waals surface area contributed by atoms with E-state index >= 15 is 0 Å². The van der Waals surface area contributed by atoms with Crippen molar-refractivity contribution in [3.8, 4) is 0 Å². The SMILES string of the molecule is Cc1cc(Cl)ccc1NC(=O)C=Cc1ccco1. The molecular formula is C14H12ClNO2. The van der Waals surface area contributed by atoms with Crippen LogP contribution in [-0.2, 0) is 4.79 Å². The van der Waals surface area contributed by atoms with E-state index in [4.69, 9.17) is 16.0 Å². The summed E-state index contributed by atoms with van der Waals surface area (Å²) in [7, 11) is 0. The van der Waals surface area contributed by atoms with Crippen LogP contribution in [0.1, 0.15) is 11.3 Å². The molecule has 3 nitrogen and oxygen atoms in total. The summed E-state index contributed by atoms with van der Waals surface area (Å²) in [5, 5.41) is 3.42. The highest BCUT2D eigenvalue weighted by atomic mass is 35.5. The van der Waals surface area contributed by atoms with Crippen molar-refractivity contribution in [3.05, 3.63) is 59.0 Å². The molecule has 2 aromatic rings. The van der Waals surface area contributed by atoms with Gasteiger partial charge in [-0.25, -0.2) is 0 Å². The number of nitrogens with one attached hydrogen (secondary N) is 1. The first-order valence-corrected chi connectivity index (χ1v) is 5.81. The van der Waals surface area contributed by atoms with Crippen LogP contribution in [0.4, 0.5) is 5.69 Å². The van der Waals surface area contributed by atoms with Crippen molar-refractivity contribution >= 4 is 29.3 Å². The fourth-order valence-electron chi connectivity index (χ4n) is 1.49. The molecule has 0 aliphatic heterocycles. The lowest BCUT2D eigenvalue weighted by Gasteiger charge is -2.06. The molecule has 0 fully saturated rings. The summed E-state index contributed by atoms with van der Waals surface area (Å²) >= 11 is 5.84. The number of halogens is 1. The lowest BCUT2D eigenvalue weighted by Crippen LogP contribution is -2.08. The van der Waals surface area contributed by atoms with Crippen molar-refractivity contribution in [1.82, 2.24) is 0 Å². The number of benzene rings is 1. The van der Waals surface area contributed by atoms with E-state index in [2.05, 4.69) is 5.32 Å². The minimum atomic E-state index is -0.211. The third-order valence-electron chi connectivity index (χ3n) is 2.39. The van der Waals surface area contributed by atoms with Gasteiger partial charge in [-0.3, -0.25) is 4.79 Å². The molecule has 0 saturated carbocycles. The summed E-state index contributed by atoms with van der Waals surface area (Å²) < 4.78 is 5.09. The van der Waals surface area contributed by atoms with Crippen LogP contribution < -0.4 is 5.32 Å². The van der Waals surface area contributed by atoms with Crippen molar-refractivity contribution in [3.63, 3.8) is 0 Å². The standard InChI is InChI=1S/C14H12ClNO2/c1-10-9-11(15)4-6-13(10)16-14(17)7-5-12-3-2-8-18-12/h2-9H,1H3,(H,16,17). The summed E-state index contributed by atoms with van der Waals surface area (Å²) in [6.45, 7) is 1.89. The van der Waals surface area contributed by atoms with Crippen molar-refractivity contribution in [2.45, 2.75) is 6.92 Å². The first kappa shape index (κ1) is 12.5. The maximum atomic E-state index is 11.7. The van der Waals surface area contributed by atoms with Gasteiger partial charge in [0.05, 0.1) is 6.26 Å². The number of carbonyl (C=O) groups is 1. The predicted octanol–water partition coefficient (Wildman–Crippen LogP) is 3.89. The van der Waals surface area contributed by atoms with Gasteiger partial charge in [-0.05, 0) is 48.9 Å². The number of carbonyl (C=O) groups excluding carboxylic acids is 1. The van der Waals surface area contributed by atoms with Crippen LogP contribution >= 0.6 is 11.6 Å². The number of anilines is 1. The van der Waals surface area contributed by atoms with Crippen LogP contribution in [0.15, 0.2) is 47.1 Å². The van der Waals surface area contributed by atoms with E-state index in [0.29, 0.717) is 10.8 Å². The first-order valence-electron chi connectivity index (χ1n) is 5.44. The highest BCUT2D eigenvalue weighted by molar-refractivity contribution is 6.30. The van der Waals surface area contributed by atoms with E-state index in [-0.39, 0.29) is 5.91 Å². The second-order valence-electron chi connectivity index (χ2n) is 3.80. The fraction of sp³-hybridized carbons (Fsp3) is 0.0714. The Bertz CT molecular complexity index is 573. The molecule has 1 aromatic heterocycles. The number of furan rings is 1. The predicted molar refractivity (Wildman–Crippen MR) is 72.6 cm³/mol. The van der Waals surface area contributed by atoms with Crippen LogP contribution in [0.25, 0.3) is 6.08 Å². The van der Waals surface area contributed by atoms with Crippen LogP contribution in [0.5, 0.6) is 0 Å². The maximum Gasteiger partial charge on any atom is 0.248 e. The Morgan fingerprint density at radius 2 is 2.22 bits per heavy atom. The van der Waals surface area contributed by atoms with E-state index in [0.717, 1.165) is 11.3 Å². The van der Waals surface area contributed by atoms with Gasteiger partial charge in [-0.1, -0.05) is 11.6 Å². The smallest absolute Gasteiger partial charge is 0.248 e. The van der Waals surface area contributed by atoms with Gasteiger partial charge in [0.25, 0.3) is 0 Å². The van der Waals surface area contributed by atoms with Crippen molar-refractivity contribution in [2.24, 2.45) is 0 Å². The van der Waals surface area contributed by atoms with Crippen molar-refractivity contribution in [2.75, 3.05) is 5.32 Å². The van der Waals surface area contributed by atoms with Gasteiger partial charge in [-0.15, -0.1) is 0 Å². The summed E-state index contributed by atoms with van der Waals surface area (Å²) in [4.78, 5) is 11.7. The van der Waals surface area contributed by atoms with Crippen LogP contribution in [0.3, 0.4) is 0 Å². The van der Waals surface area contributed by atoms with E-state index in [1.807, 2.05) is 6.92 Å². The Morgan fingerprint density at radius 1 is 1.39 bits per heavy atom. The topological polar surface area (TPSA) is 42.2 Å². The average Bonchev–Trinajstić information content (AvgIpc) is 2.83. The molecule has 1 amide bonds. The minimum absolute atomic E-state index is 0.211. The molecular weight excluding hydrogens is 250 g/mol. The highest BCUT2D eigenvalue weighted by Gasteiger charge is 2.02. The van der Waals surface area contributed by atoms with Gasteiger partial charge < -0.3 is 9.73 Å². The molecule has 4 heteroatoms. The van der Waals surface area contributed by atoms with Gasteiger partial charge in [-0.2, -0.15) is 0 Å². The Hall–Kier alpha value is -2.00. The molecule has 1 aromatic carbocycles. The molecule has 0 saturated heterocycles. The summed E-state index contributed by atoms with van der Waals surface area (Å²) in [5.74, 6) is 0.426. The van der Waals surface area contributed by atoms with E-state index < -0.39 is 0 Å². The van der Waals surface area contributed by atoms with Crippen molar-refractivity contribution < 1.29 is 9.21 Å². The van der Waals surface area contributed by atoms with Gasteiger partial charge in [0, 0.05) is 16.8 Å². The zero-order valence-corrected chi connectivity index (χ0v) is 10.6. The highest BCUT2D eigenvalue weighted by Crippen LogP contribution is 2.19. The molecule has 0 spiro atoms. The monoisotopic (exact) mass is 261 g/mol. The molecule has 18 heavy (non-hydrogen) atoms. The molecule has 0 aliphatic carbocycles. The third kappa shape index (κ3) is 3.25. The third-order valence-corrected chi connectivity index (χ3v) is 2.62. The summed E-state index contributed by atoms with van der Waals surface area (Å²) in [5.41, 5.74) is 1.66. The number of amides is 1. The number of hydrogen-bond donors (Lipinski definition) is 1. The minimum Gasteiger partial charge on any atom is -0.465 e. The summed E-state index contributed by atoms with van der Waals surface area (Å²) in [6.07, 6.45) is 4.59. The fourth-order valence-corrected chi connectivity index (χ4v) is 1.71. The number of hydrogen-bond acceptors (Lipinski definition) is 2.